The maximum atomic E-state index is 9.60. The van der Waals surface area contributed by atoms with E-state index in [0.717, 1.165) is 0 Å². The van der Waals surface area contributed by atoms with Crippen molar-refractivity contribution in [3.8, 4) is 6.07 Å². The van der Waals surface area contributed by atoms with E-state index in [1.807, 2.05) is 20.8 Å². The van der Waals surface area contributed by atoms with Crippen molar-refractivity contribution in [1.29, 1.82) is 5.26 Å². The fraction of sp³-hybridized carbons (Fsp3) is 0.933. The van der Waals surface area contributed by atoms with E-state index in [4.69, 9.17) is 13.9 Å². The van der Waals surface area contributed by atoms with E-state index < -0.39 is 19.7 Å². The molecule has 0 amide bonds. The van der Waals surface area contributed by atoms with Gasteiger partial charge >= 0.3 is 0 Å². The van der Waals surface area contributed by atoms with Crippen LogP contribution in [0.4, 0.5) is 0 Å². The van der Waals surface area contributed by atoms with Crippen LogP contribution in [0.15, 0.2) is 0 Å². The molecule has 1 fully saturated rings. The molecule has 0 spiro atoms. The zero-order valence-corrected chi connectivity index (χ0v) is 15.2. The Balaban J connectivity index is 2.85. The average molecular weight is 299 g/mol. The van der Waals surface area contributed by atoms with Gasteiger partial charge in [0.25, 0.3) is 0 Å². The molecule has 0 radical (unpaired) electrons. The number of nitriles is 1. The van der Waals surface area contributed by atoms with Gasteiger partial charge in [-0.15, -0.1) is 0 Å². The van der Waals surface area contributed by atoms with Crippen LogP contribution in [-0.2, 0) is 13.9 Å². The SMILES string of the molecule is C[C@H]1C[C@@](C#N)(CO[Si](C)(C)C(C)(C)C)OC(C)(C)O1. The third kappa shape index (κ3) is 4.04. The van der Waals surface area contributed by atoms with Gasteiger partial charge in [0.05, 0.1) is 12.7 Å². The summed E-state index contributed by atoms with van der Waals surface area (Å²) in [4.78, 5) is 0. The largest absolute Gasteiger partial charge is 0.413 e. The van der Waals surface area contributed by atoms with Crippen molar-refractivity contribution >= 4 is 8.32 Å². The summed E-state index contributed by atoms with van der Waals surface area (Å²) in [6.07, 6.45) is 0.531. The van der Waals surface area contributed by atoms with Crippen LogP contribution in [0.2, 0.25) is 18.1 Å². The number of hydrogen-bond donors (Lipinski definition) is 0. The van der Waals surface area contributed by atoms with Gasteiger partial charge in [-0.2, -0.15) is 5.26 Å². The summed E-state index contributed by atoms with van der Waals surface area (Å²) >= 11 is 0. The number of ether oxygens (including phenoxy) is 2. The molecule has 4 nitrogen and oxygen atoms in total. The van der Waals surface area contributed by atoms with Gasteiger partial charge in [-0.3, -0.25) is 0 Å². The van der Waals surface area contributed by atoms with Crippen LogP contribution < -0.4 is 0 Å². The second kappa shape index (κ2) is 5.41. The van der Waals surface area contributed by atoms with Crippen LogP contribution >= 0.6 is 0 Å². The molecule has 0 aromatic carbocycles. The normalized spacial score (nSPS) is 30.9. The topological polar surface area (TPSA) is 51.5 Å². The lowest BCUT2D eigenvalue weighted by Gasteiger charge is -2.46. The molecule has 1 saturated heterocycles. The summed E-state index contributed by atoms with van der Waals surface area (Å²) < 4.78 is 17.8. The van der Waals surface area contributed by atoms with Gasteiger partial charge in [0.15, 0.2) is 19.7 Å². The molecule has 0 aromatic heterocycles. The van der Waals surface area contributed by atoms with E-state index >= 15 is 0 Å². The Kier molecular flexibility index (Phi) is 4.77. The highest BCUT2D eigenvalue weighted by Crippen LogP contribution is 2.39. The molecule has 1 heterocycles. The summed E-state index contributed by atoms with van der Waals surface area (Å²) in [6.45, 7) is 16.9. The molecule has 1 rings (SSSR count). The van der Waals surface area contributed by atoms with Crippen LogP contribution in [0.25, 0.3) is 0 Å². The molecule has 0 bridgehead atoms. The van der Waals surface area contributed by atoms with E-state index in [2.05, 4.69) is 39.9 Å². The third-order valence-corrected chi connectivity index (χ3v) is 8.70. The second-order valence-electron chi connectivity index (χ2n) is 7.79. The predicted molar refractivity (Wildman–Crippen MR) is 81.8 cm³/mol. The van der Waals surface area contributed by atoms with Gasteiger partial charge in [0.2, 0.25) is 0 Å². The highest BCUT2D eigenvalue weighted by molar-refractivity contribution is 6.74. The highest BCUT2D eigenvalue weighted by Gasteiger charge is 2.47. The molecular formula is C15H29NO3Si. The van der Waals surface area contributed by atoms with Crippen molar-refractivity contribution in [1.82, 2.24) is 0 Å². The van der Waals surface area contributed by atoms with Crippen molar-refractivity contribution in [3.05, 3.63) is 0 Å². The number of nitrogens with zero attached hydrogens (tertiary/aromatic N) is 1. The van der Waals surface area contributed by atoms with Gasteiger partial charge < -0.3 is 13.9 Å². The first kappa shape index (κ1) is 17.6. The van der Waals surface area contributed by atoms with Crippen LogP contribution in [0.5, 0.6) is 0 Å². The van der Waals surface area contributed by atoms with Gasteiger partial charge in [-0.25, -0.2) is 0 Å². The lowest BCUT2D eigenvalue weighted by molar-refractivity contribution is -0.320. The Morgan fingerprint density at radius 2 is 1.90 bits per heavy atom. The summed E-state index contributed by atoms with van der Waals surface area (Å²) in [5.41, 5.74) is -0.906. The van der Waals surface area contributed by atoms with E-state index in [-0.39, 0.29) is 11.1 Å². The van der Waals surface area contributed by atoms with E-state index in [1.54, 1.807) is 0 Å². The Bertz CT molecular complexity index is 395. The zero-order chi connectivity index (χ0) is 15.8. The van der Waals surface area contributed by atoms with Crippen LogP contribution in [0, 0.1) is 11.3 Å². The predicted octanol–water partition coefficient (Wildman–Crippen LogP) is 3.83. The standard InChI is InChI=1S/C15H29NO3Si/c1-12-9-15(10-16,19-14(5,6)18-12)11-17-20(7,8)13(2,3)4/h12H,9,11H2,1-8H3/t12-,15+/m0/s1. The molecule has 1 aliphatic rings. The molecular weight excluding hydrogens is 270 g/mol. The van der Waals surface area contributed by atoms with Gasteiger partial charge in [0, 0.05) is 6.42 Å². The smallest absolute Gasteiger partial charge is 0.192 e. The van der Waals surface area contributed by atoms with Gasteiger partial charge in [-0.05, 0) is 38.9 Å². The lowest BCUT2D eigenvalue weighted by Crippen LogP contribution is -2.55. The summed E-state index contributed by atoms with van der Waals surface area (Å²) in [6, 6.07) is 2.32. The molecule has 0 aliphatic carbocycles. The van der Waals surface area contributed by atoms with Gasteiger partial charge in [0.1, 0.15) is 6.07 Å². The zero-order valence-electron chi connectivity index (χ0n) is 14.2. The molecule has 0 unspecified atom stereocenters. The summed E-state index contributed by atoms with van der Waals surface area (Å²) in [5.74, 6) is -0.746. The minimum absolute atomic E-state index is 0.0126. The average Bonchev–Trinajstić information content (AvgIpc) is 2.22. The lowest BCUT2D eigenvalue weighted by atomic mass is 9.96. The molecule has 0 saturated carbocycles. The quantitative estimate of drug-likeness (QED) is 0.743. The first-order valence-corrected chi connectivity index (χ1v) is 10.2. The number of hydrogen-bond acceptors (Lipinski definition) is 4. The Hall–Kier alpha value is -0.413. The Labute approximate surface area is 124 Å². The van der Waals surface area contributed by atoms with Crippen molar-refractivity contribution in [3.63, 3.8) is 0 Å². The second-order valence-corrected chi connectivity index (χ2v) is 12.6. The first-order chi connectivity index (χ1) is 8.83. The fourth-order valence-electron chi connectivity index (χ4n) is 2.23. The van der Waals surface area contributed by atoms with E-state index in [0.29, 0.717) is 13.0 Å². The maximum Gasteiger partial charge on any atom is 0.192 e. The van der Waals surface area contributed by atoms with Crippen LogP contribution in [0.3, 0.4) is 0 Å². The highest BCUT2D eigenvalue weighted by atomic mass is 28.4. The molecule has 116 valence electrons. The Morgan fingerprint density at radius 1 is 1.35 bits per heavy atom. The van der Waals surface area contributed by atoms with Crippen LogP contribution in [-0.4, -0.2) is 32.4 Å². The minimum atomic E-state index is -1.89. The minimum Gasteiger partial charge on any atom is -0.413 e. The molecule has 2 atom stereocenters. The van der Waals surface area contributed by atoms with Crippen molar-refractivity contribution in [2.24, 2.45) is 0 Å². The third-order valence-electron chi connectivity index (χ3n) is 4.22. The first-order valence-electron chi connectivity index (χ1n) is 7.26. The van der Waals surface area contributed by atoms with Crippen LogP contribution in [0.1, 0.15) is 48.0 Å². The monoisotopic (exact) mass is 299 g/mol. The molecule has 0 N–H and O–H groups in total. The molecule has 5 heteroatoms. The molecule has 1 aliphatic heterocycles. The summed E-state index contributed by atoms with van der Waals surface area (Å²) in [5, 5.41) is 9.72. The Morgan fingerprint density at radius 3 is 2.30 bits per heavy atom. The van der Waals surface area contributed by atoms with E-state index in [1.165, 1.54) is 0 Å². The maximum absolute atomic E-state index is 9.60. The van der Waals surface area contributed by atoms with Crippen molar-refractivity contribution < 1.29 is 13.9 Å². The van der Waals surface area contributed by atoms with Crippen molar-refractivity contribution in [2.45, 2.75) is 83.6 Å². The van der Waals surface area contributed by atoms with Gasteiger partial charge in [-0.1, -0.05) is 20.8 Å². The number of rotatable bonds is 3. The fourth-order valence-corrected chi connectivity index (χ4v) is 3.26. The van der Waals surface area contributed by atoms with E-state index in [9.17, 15) is 5.26 Å². The molecule has 20 heavy (non-hydrogen) atoms. The molecule has 0 aromatic rings. The van der Waals surface area contributed by atoms with Crippen molar-refractivity contribution in [2.75, 3.05) is 6.61 Å². The summed E-state index contributed by atoms with van der Waals surface area (Å²) in [7, 11) is -1.89.